The van der Waals surface area contributed by atoms with Crippen LogP contribution >= 0.6 is 0 Å². The van der Waals surface area contributed by atoms with Crippen LogP contribution in [0.25, 0.3) is 0 Å². The third kappa shape index (κ3) is 10.3. The maximum Gasteiger partial charge on any atom is 0.243 e. The number of nitrogens with one attached hydrogen (secondary N) is 3. The average Bonchev–Trinajstić information content (AvgIpc) is 2.76. The predicted molar refractivity (Wildman–Crippen MR) is 132 cm³/mol. The molecule has 0 saturated carbocycles. The standard InChI is InChI=1S/C26H37N3O3/c1-4-5-6-7-8-17-32-24-15-13-21(14-16-24)27-19-26(31)29-23-11-9-22(10-12-23)28-25(30)18-20(2)3/h9-16,20,27H,4-8,17-19H2,1-3H3,(H,28,30)(H,29,31). The molecule has 0 fully saturated rings. The predicted octanol–water partition coefficient (Wildman–Crippen LogP) is 6.07. The maximum absolute atomic E-state index is 12.2. The van der Waals surface area contributed by atoms with Crippen molar-refractivity contribution in [2.24, 2.45) is 5.92 Å². The number of benzene rings is 2. The average molecular weight is 440 g/mol. The van der Waals surface area contributed by atoms with E-state index in [2.05, 4.69) is 22.9 Å². The fourth-order valence-electron chi connectivity index (χ4n) is 3.17. The van der Waals surface area contributed by atoms with Crippen molar-refractivity contribution in [3.63, 3.8) is 0 Å². The molecule has 0 heterocycles. The number of rotatable bonds is 14. The van der Waals surface area contributed by atoms with Gasteiger partial charge in [-0.25, -0.2) is 0 Å². The second-order valence-corrected chi connectivity index (χ2v) is 8.41. The SMILES string of the molecule is CCCCCCCOc1ccc(NCC(=O)Nc2ccc(NC(=O)CC(C)C)cc2)cc1. The number of unbranched alkanes of at least 4 members (excludes halogenated alkanes) is 4. The van der Waals surface area contributed by atoms with Crippen LogP contribution in [0, 0.1) is 5.92 Å². The zero-order valence-corrected chi connectivity index (χ0v) is 19.6. The molecule has 0 aliphatic carbocycles. The Morgan fingerprint density at radius 1 is 0.781 bits per heavy atom. The van der Waals surface area contributed by atoms with Crippen molar-refractivity contribution in [1.82, 2.24) is 0 Å². The first-order valence-electron chi connectivity index (χ1n) is 11.6. The van der Waals surface area contributed by atoms with Gasteiger partial charge in [-0.15, -0.1) is 0 Å². The van der Waals surface area contributed by atoms with Crippen LogP contribution in [-0.2, 0) is 9.59 Å². The Morgan fingerprint density at radius 2 is 1.34 bits per heavy atom. The minimum absolute atomic E-state index is 0.00984. The van der Waals surface area contributed by atoms with Gasteiger partial charge in [-0.3, -0.25) is 9.59 Å². The number of anilines is 3. The van der Waals surface area contributed by atoms with Crippen LogP contribution < -0.4 is 20.7 Å². The summed E-state index contributed by atoms with van der Waals surface area (Å²) in [6.07, 6.45) is 6.57. The molecule has 6 heteroatoms. The normalized spacial score (nSPS) is 10.6. The van der Waals surface area contributed by atoms with Crippen molar-refractivity contribution < 1.29 is 14.3 Å². The Hall–Kier alpha value is -3.02. The van der Waals surface area contributed by atoms with Crippen molar-refractivity contribution in [1.29, 1.82) is 0 Å². The molecule has 0 aliphatic heterocycles. The van der Waals surface area contributed by atoms with Gasteiger partial charge < -0.3 is 20.7 Å². The van der Waals surface area contributed by atoms with E-state index in [9.17, 15) is 9.59 Å². The van der Waals surface area contributed by atoms with Gasteiger partial charge in [-0.2, -0.15) is 0 Å². The van der Waals surface area contributed by atoms with Crippen molar-refractivity contribution in [3.05, 3.63) is 48.5 Å². The zero-order chi connectivity index (χ0) is 23.2. The molecule has 6 nitrogen and oxygen atoms in total. The second-order valence-electron chi connectivity index (χ2n) is 8.41. The summed E-state index contributed by atoms with van der Waals surface area (Å²) in [7, 11) is 0. The number of hydrogen-bond acceptors (Lipinski definition) is 4. The first kappa shape index (κ1) is 25.2. The van der Waals surface area contributed by atoms with Crippen LogP contribution in [0.15, 0.2) is 48.5 Å². The summed E-state index contributed by atoms with van der Waals surface area (Å²) >= 11 is 0. The molecule has 3 N–H and O–H groups in total. The van der Waals surface area contributed by atoms with E-state index in [0.717, 1.165) is 30.2 Å². The molecule has 0 atom stereocenters. The molecule has 0 bridgehead atoms. The van der Waals surface area contributed by atoms with E-state index < -0.39 is 0 Å². The van der Waals surface area contributed by atoms with Crippen LogP contribution in [0.5, 0.6) is 5.75 Å². The summed E-state index contributed by atoms with van der Waals surface area (Å²) in [5.41, 5.74) is 2.26. The lowest BCUT2D eigenvalue weighted by atomic mass is 10.1. The van der Waals surface area contributed by atoms with Crippen molar-refractivity contribution >= 4 is 28.9 Å². The molecule has 0 saturated heterocycles. The molecule has 0 radical (unpaired) electrons. The van der Waals surface area contributed by atoms with Crippen molar-refractivity contribution in [2.75, 3.05) is 29.1 Å². The molecule has 0 aliphatic rings. The van der Waals surface area contributed by atoms with E-state index >= 15 is 0 Å². The minimum Gasteiger partial charge on any atom is -0.494 e. The Morgan fingerprint density at radius 3 is 1.94 bits per heavy atom. The first-order chi connectivity index (χ1) is 15.5. The fourth-order valence-corrected chi connectivity index (χ4v) is 3.17. The summed E-state index contributed by atoms with van der Waals surface area (Å²) in [6, 6.07) is 14.8. The van der Waals surface area contributed by atoms with E-state index in [4.69, 9.17) is 4.74 Å². The molecule has 0 aromatic heterocycles. The molecule has 0 unspecified atom stereocenters. The summed E-state index contributed by atoms with van der Waals surface area (Å²) in [5, 5.41) is 8.81. The molecule has 2 aromatic carbocycles. The number of ether oxygens (including phenoxy) is 1. The highest BCUT2D eigenvalue weighted by Crippen LogP contribution is 2.17. The molecule has 2 aromatic rings. The Balaban J connectivity index is 1.68. The highest BCUT2D eigenvalue weighted by atomic mass is 16.5. The highest BCUT2D eigenvalue weighted by Gasteiger charge is 2.06. The number of carbonyl (C=O) groups excluding carboxylic acids is 2. The lowest BCUT2D eigenvalue weighted by Gasteiger charge is -2.11. The summed E-state index contributed by atoms with van der Waals surface area (Å²) in [4.78, 5) is 24.0. The quantitative estimate of drug-likeness (QED) is 0.312. The summed E-state index contributed by atoms with van der Waals surface area (Å²) in [5.74, 6) is 1.000. The third-order valence-corrected chi connectivity index (χ3v) is 4.87. The fraction of sp³-hybridized carbons (Fsp3) is 0.462. The lowest BCUT2D eigenvalue weighted by Crippen LogP contribution is -2.21. The molecule has 32 heavy (non-hydrogen) atoms. The number of carbonyl (C=O) groups is 2. The summed E-state index contributed by atoms with van der Waals surface area (Å²) < 4.78 is 5.76. The van der Waals surface area contributed by atoms with Gasteiger partial charge in [0.05, 0.1) is 13.2 Å². The third-order valence-electron chi connectivity index (χ3n) is 4.87. The maximum atomic E-state index is 12.2. The number of hydrogen-bond donors (Lipinski definition) is 3. The molecule has 2 amide bonds. The Kier molecular flexibility index (Phi) is 11.1. The van der Waals surface area contributed by atoms with Crippen molar-refractivity contribution in [2.45, 2.75) is 59.3 Å². The van der Waals surface area contributed by atoms with Gasteiger partial charge in [0.25, 0.3) is 0 Å². The number of amides is 2. The van der Waals surface area contributed by atoms with Gasteiger partial charge in [0.1, 0.15) is 5.75 Å². The van der Waals surface area contributed by atoms with E-state index in [1.54, 1.807) is 24.3 Å². The first-order valence-corrected chi connectivity index (χ1v) is 11.6. The highest BCUT2D eigenvalue weighted by molar-refractivity contribution is 5.94. The molecule has 0 spiro atoms. The smallest absolute Gasteiger partial charge is 0.243 e. The van der Waals surface area contributed by atoms with E-state index in [-0.39, 0.29) is 18.4 Å². The Labute approximate surface area is 192 Å². The molecule has 2 rings (SSSR count). The van der Waals surface area contributed by atoms with Crippen LogP contribution in [0.4, 0.5) is 17.1 Å². The summed E-state index contributed by atoms with van der Waals surface area (Å²) in [6.45, 7) is 7.11. The van der Waals surface area contributed by atoms with Gasteiger partial charge in [0.15, 0.2) is 0 Å². The second kappa shape index (κ2) is 14.1. The molecule has 174 valence electrons. The Bertz CT molecular complexity index is 817. The molecular formula is C26H37N3O3. The van der Waals surface area contributed by atoms with Crippen LogP contribution in [-0.4, -0.2) is 25.0 Å². The van der Waals surface area contributed by atoms with Gasteiger partial charge in [0.2, 0.25) is 11.8 Å². The largest absolute Gasteiger partial charge is 0.494 e. The van der Waals surface area contributed by atoms with Crippen LogP contribution in [0.3, 0.4) is 0 Å². The minimum atomic E-state index is -0.144. The van der Waals surface area contributed by atoms with Gasteiger partial charge in [-0.1, -0.05) is 46.5 Å². The molecular weight excluding hydrogens is 402 g/mol. The zero-order valence-electron chi connectivity index (χ0n) is 19.6. The lowest BCUT2D eigenvalue weighted by molar-refractivity contribution is -0.117. The van der Waals surface area contributed by atoms with Crippen LogP contribution in [0.2, 0.25) is 0 Å². The van der Waals surface area contributed by atoms with Crippen LogP contribution in [0.1, 0.15) is 59.3 Å². The van der Waals surface area contributed by atoms with Crippen molar-refractivity contribution in [3.8, 4) is 5.75 Å². The monoisotopic (exact) mass is 439 g/mol. The van der Waals surface area contributed by atoms with Gasteiger partial charge >= 0.3 is 0 Å². The van der Waals surface area contributed by atoms with Gasteiger partial charge in [-0.05, 0) is 60.9 Å². The topological polar surface area (TPSA) is 79.5 Å². The van der Waals surface area contributed by atoms with E-state index in [1.807, 2.05) is 38.1 Å². The van der Waals surface area contributed by atoms with E-state index in [0.29, 0.717) is 18.0 Å². The van der Waals surface area contributed by atoms with Gasteiger partial charge in [0, 0.05) is 23.5 Å². The van der Waals surface area contributed by atoms with E-state index in [1.165, 1.54) is 25.7 Å².